The summed E-state index contributed by atoms with van der Waals surface area (Å²) >= 11 is 0. The summed E-state index contributed by atoms with van der Waals surface area (Å²) in [5.41, 5.74) is 10.7. The summed E-state index contributed by atoms with van der Waals surface area (Å²) in [5.74, 6) is 1.30. The van der Waals surface area contributed by atoms with Gasteiger partial charge in [0.15, 0.2) is 17.2 Å². The van der Waals surface area contributed by atoms with Gasteiger partial charge in [-0.2, -0.15) is 14.7 Å². The molecule has 0 unspecified atom stereocenters. The van der Waals surface area contributed by atoms with Crippen LogP contribution in [-0.2, 0) is 4.74 Å². The number of aryl methyl sites for hydroxylation is 1. The SMILES string of the molecule is Cc1cccc(-c2ccn(-c3cc(N4CCOCC4)n4nc(C(N)=O)c(C5CC5)c4n3)n2)c1. The van der Waals surface area contributed by atoms with E-state index in [0.717, 1.165) is 48.6 Å². The van der Waals surface area contributed by atoms with Gasteiger partial charge in [0.25, 0.3) is 5.91 Å². The maximum atomic E-state index is 12.2. The van der Waals surface area contributed by atoms with Crippen LogP contribution in [0.5, 0.6) is 0 Å². The lowest BCUT2D eigenvalue weighted by atomic mass is 10.1. The second-order valence-electron chi connectivity index (χ2n) is 8.72. The Bertz CT molecular complexity index is 1360. The van der Waals surface area contributed by atoms with E-state index < -0.39 is 5.91 Å². The molecule has 9 nitrogen and oxygen atoms in total. The van der Waals surface area contributed by atoms with Crippen molar-refractivity contribution in [2.75, 3.05) is 31.2 Å². The molecule has 0 atom stereocenters. The van der Waals surface area contributed by atoms with Crippen LogP contribution in [0, 0.1) is 6.92 Å². The Kier molecular flexibility index (Phi) is 4.65. The molecule has 1 saturated carbocycles. The van der Waals surface area contributed by atoms with Crippen LogP contribution in [0.25, 0.3) is 22.7 Å². The molecule has 2 aliphatic rings. The van der Waals surface area contributed by atoms with Crippen molar-refractivity contribution in [3.63, 3.8) is 0 Å². The lowest BCUT2D eigenvalue weighted by Gasteiger charge is -2.29. The third-order valence-electron chi connectivity index (χ3n) is 6.28. The van der Waals surface area contributed by atoms with Gasteiger partial charge in [0.1, 0.15) is 5.82 Å². The van der Waals surface area contributed by atoms with Crippen LogP contribution >= 0.6 is 0 Å². The quantitative estimate of drug-likeness (QED) is 0.509. The number of benzene rings is 1. The van der Waals surface area contributed by atoms with Crippen LogP contribution in [0.2, 0.25) is 0 Å². The van der Waals surface area contributed by atoms with E-state index in [1.54, 1.807) is 9.20 Å². The van der Waals surface area contributed by atoms with Crippen molar-refractivity contribution in [2.24, 2.45) is 5.73 Å². The highest BCUT2D eigenvalue weighted by molar-refractivity contribution is 5.94. The van der Waals surface area contributed by atoms with Crippen molar-refractivity contribution in [3.05, 3.63) is 59.4 Å². The minimum atomic E-state index is -0.516. The van der Waals surface area contributed by atoms with Gasteiger partial charge in [-0.1, -0.05) is 23.8 Å². The molecule has 1 saturated heterocycles. The molecular formula is C24H25N7O2. The molecule has 6 rings (SSSR count). The van der Waals surface area contributed by atoms with Gasteiger partial charge in [0.2, 0.25) is 0 Å². The van der Waals surface area contributed by atoms with Crippen molar-refractivity contribution >= 4 is 17.4 Å². The van der Waals surface area contributed by atoms with Crippen LogP contribution in [0.4, 0.5) is 5.82 Å². The molecule has 1 amide bonds. The zero-order chi connectivity index (χ0) is 22.5. The minimum Gasteiger partial charge on any atom is -0.378 e. The number of rotatable bonds is 5. The summed E-state index contributed by atoms with van der Waals surface area (Å²) < 4.78 is 9.11. The Morgan fingerprint density at radius 1 is 1.12 bits per heavy atom. The molecule has 2 N–H and O–H groups in total. The smallest absolute Gasteiger partial charge is 0.269 e. The van der Waals surface area contributed by atoms with Crippen molar-refractivity contribution in [3.8, 4) is 17.1 Å². The number of hydrogen-bond donors (Lipinski definition) is 1. The molecule has 2 fully saturated rings. The Labute approximate surface area is 190 Å². The molecule has 1 aliphatic heterocycles. The second kappa shape index (κ2) is 7.70. The fourth-order valence-electron chi connectivity index (χ4n) is 4.48. The van der Waals surface area contributed by atoms with E-state index in [1.807, 2.05) is 24.4 Å². The molecule has 9 heteroatoms. The van der Waals surface area contributed by atoms with E-state index in [-0.39, 0.29) is 5.92 Å². The summed E-state index contributed by atoms with van der Waals surface area (Å²) in [4.78, 5) is 19.4. The van der Waals surface area contributed by atoms with Crippen molar-refractivity contribution in [2.45, 2.75) is 25.7 Å². The van der Waals surface area contributed by atoms with E-state index in [0.29, 0.717) is 30.4 Å². The summed E-state index contributed by atoms with van der Waals surface area (Å²) in [7, 11) is 0. The number of primary amides is 1. The summed E-state index contributed by atoms with van der Waals surface area (Å²) in [5, 5.41) is 9.42. The van der Waals surface area contributed by atoms with Gasteiger partial charge < -0.3 is 15.4 Å². The highest BCUT2D eigenvalue weighted by atomic mass is 16.5. The Hall–Kier alpha value is -3.72. The van der Waals surface area contributed by atoms with E-state index in [1.165, 1.54) is 5.56 Å². The average Bonchev–Trinajstić information content (AvgIpc) is 3.40. The van der Waals surface area contributed by atoms with E-state index in [4.69, 9.17) is 20.6 Å². The van der Waals surface area contributed by atoms with Crippen molar-refractivity contribution in [1.29, 1.82) is 0 Å². The third-order valence-corrected chi connectivity index (χ3v) is 6.28. The number of hydrogen-bond acceptors (Lipinski definition) is 6. The molecule has 0 radical (unpaired) electrons. The van der Waals surface area contributed by atoms with Gasteiger partial charge in [-0.05, 0) is 37.8 Å². The maximum Gasteiger partial charge on any atom is 0.269 e. The molecule has 0 spiro atoms. The van der Waals surface area contributed by atoms with Crippen molar-refractivity contribution < 1.29 is 9.53 Å². The standard InChI is InChI=1S/C24H25N7O2/c1-15-3-2-4-17(13-15)18-7-8-30(27-18)19-14-20(29-9-11-33-12-10-29)31-24(26-19)21(16-5-6-16)22(28-31)23(25)32/h2-4,7-8,13-14,16H,5-6,9-12H2,1H3,(H2,25,32). The van der Waals surface area contributed by atoms with Gasteiger partial charge in [0.05, 0.1) is 18.9 Å². The zero-order valence-corrected chi connectivity index (χ0v) is 18.4. The zero-order valence-electron chi connectivity index (χ0n) is 18.4. The monoisotopic (exact) mass is 443 g/mol. The van der Waals surface area contributed by atoms with Gasteiger partial charge in [-0.3, -0.25) is 4.79 Å². The number of amides is 1. The number of morpholine rings is 1. The number of aromatic nitrogens is 5. The number of carbonyl (C=O) groups excluding carboxylic acids is 1. The van der Waals surface area contributed by atoms with Crippen molar-refractivity contribution in [1.82, 2.24) is 24.4 Å². The molecule has 4 aromatic rings. The van der Waals surface area contributed by atoms with Gasteiger partial charge >= 0.3 is 0 Å². The predicted octanol–water partition coefficient (Wildman–Crippen LogP) is 2.70. The van der Waals surface area contributed by atoms with Crippen LogP contribution < -0.4 is 10.6 Å². The first-order valence-corrected chi connectivity index (χ1v) is 11.3. The molecule has 1 aromatic carbocycles. The molecule has 3 aromatic heterocycles. The van der Waals surface area contributed by atoms with Gasteiger partial charge in [-0.15, -0.1) is 0 Å². The maximum absolute atomic E-state index is 12.2. The first kappa shape index (κ1) is 19.9. The fraction of sp³-hybridized carbons (Fsp3) is 0.333. The highest BCUT2D eigenvalue weighted by Crippen LogP contribution is 2.44. The summed E-state index contributed by atoms with van der Waals surface area (Å²) in [6, 6.07) is 12.2. The second-order valence-corrected chi connectivity index (χ2v) is 8.72. The van der Waals surface area contributed by atoms with E-state index in [9.17, 15) is 4.79 Å². The van der Waals surface area contributed by atoms with E-state index >= 15 is 0 Å². The van der Waals surface area contributed by atoms with Crippen LogP contribution in [0.15, 0.2) is 42.6 Å². The fourth-order valence-corrected chi connectivity index (χ4v) is 4.48. The van der Waals surface area contributed by atoms with Gasteiger partial charge in [0, 0.05) is 36.5 Å². The lowest BCUT2D eigenvalue weighted by Crippen LogP contribution is -2.37. The Morgan fingerprint density at radius 3 is 2.67 bits per heavy atom. The van der Waals surface area contributed by atoms with Crippen LogP contribution in [0.1, 0.15) is 40.4 Å². The molecule has 0 bridgehead atoms. The van der Waals surface area contributed by atoms with Crippen LogP contribution in [-0.4, -0.2) is 56.6 Å². The topological polar surface area (TPSA) is 104 Å². The number of nitrogens with zero attached hydrogens (tertiary/aromatic N) is 6. The lowest BCUT2D eigenvalue weighted by molar-refractivity contribution is 0.0994. The summed E-state index contributed by atoms with van der Waals surface area (Å²) in [6.45, 7) is 4.81. The Balaban J connectivity index is 1.52. The largest absolute Gasteiger partial charge is 0.378 e. The normalized spacial score (nSPS) is 16.5. The van der Waals surface area contributed by atoms with Crippen LogP contribution in [0.3, 0.4) is 0 Å². The predicted molar refractivity (Wildman–Crippen MR) is 124 cm³/mol. The average molecular weight is 444 g/mol. The third kappa shape index (κ3) is 3.54. The number of fused-ring (bicyclic) bond motifs is 1. The molecular weight excluding hydrogens is 418 g/mol. The molecule has 4 heterocycles. The number of nitrogens with two attached hydrogens (primary N) is 1. The number of anilines is 1. The van der Waals surface area contributed by atoms with Gasteiger partial charge in [-0.25, -0.2) is 9.67 Å². The molecule has 1 aliphatic carbocycles. The highest BCUT2D eigenvalue weighted by Gasteiger charge is 2.34. The first-order valence-electron chi connectivity index (χ1n) is 11.3. The molecule has 168 valence electrons. The van der Waals surface area contributed by atoms with E-state index in [2.05, 4.69) is 35.1 Å². The first-order chi connectivity index (χ1) is 16.1. The number of carbonyl (C=O) groups is 1. The molecule has 33 heavy (non-hydrogen) atoms. The number of ether oxygens (including phenoxy) is 1. The minimum absolute atomic E-state index is 0.269. The Morgan fingerprint density at radius 2 is 1.94 bits per heavy atom. The summed E-state index contributed by atoms with van der Waals surface area (Å²) in [6.07, 6.45) is 3.95.